The van der Waals surface area contributed by atoms with Gasteiger partial charge in [0.15, 0.2) is 9.84 Å². The number of carbonyl (C=O) groups excluding carboxylic acids is 1. The largest absolute Gasteiger partial charge is 0.348 e. The molecule has 0 spiro atoms. The SMILES string of the molecule is CC[C@H](Sc1ccc(Cl)cc1)C(=O)N[C@@H](CC)c1ccc(S(C)(=O)=O)cc1. The number of rotatable bonds is 8. The second-order valence-electron chi connectivity index (χ2n) is 6.28. The number of carbonyl (C=O) groups is 1. The molecule has 0 saturated carbocycles. The van der Waals surface area contributed by atoms with Crippen LogP contribution in [0.2, 0.25) is 5.02 Å². The van der Waals surface area contributed by atoms with E-state index in [0.29, 0.717) is 17.9 Å². The lowest BCUT2D eigenvalue weighted by Crippen LogP contribution is -2.35. The van der Waals surface area contributed by atoms with Crippen LogP contribution in [-0.4, -0.2) is 25.8 Å². The Morgan fingerprint density at radius 2 is 1.63 bits per heavy atom. The average Bonchev–Trinajstić information content (AvgIpc) is 2.64. The fourth-order valence-corrected chi connectivity index (χ4v) is 4.35. The summed E-state index contributed by atoms with van der Waals surface area (Å²) in [7, 11) is -3.23. The van der Waals surface area contributed by atoms with Crippen molar-refractivity contribution in [2.24, 2.45) is 0 Å². The lowest BCUT2D eigenvalue weighted by Gasteiger charge is -2.21. The Bertz CT molecular complexity index is 865. The number of amides is 1. The molecule has 2 atom stereocenters. The second kappa shape index (κ2) is 9.62. The quantitative estimate of drug-likeness (QED) is 0.612. The van der Waals surface area contributed by atoms with Crippen LogP contribution in [0.1, 0.15) is 38.3 Å². The maximum Gasteiger partial charge on any atom is 0.233 e. The summed E-state index contributed by atoms with van der Waals surface area (Å²) < 4.78 is 23.2. The Hall–Kier alpha value is -1.50. The fraction of sp³-hybridized carbons (Fsp3) is 0.350. The third-order valence-corrected chi connectivity index (χ3v) is 6.95. The Kier molecular flexibility index (Phi) is 7.77. The molecule has 0 aliphatic rings. The molecule has 1 N–H and O–H groups in total. The number of benzene rings is 2. The summed E-state index contributed by atoms with van der Waals surface area (Å²) in [5.74, 6) is -0.0310. The molecule has 4 nitrogen and oxygen atoms in total. The maximum atomic E-state index is 12.8. The standard InChI is InChI=1S/C20H24ClNO3S2/c1-4-18(14-6-12-17(13-7-14)27(3,24)25)22-20(23)19(5-2)26-16-10-8-15(21)9-11-16/h6-13,18-19H,4-5H2,1-3H3,(H,22,23)/t18-,19-/m0/s1. The van der Waals surface area contributed by atoms with Crippen LogP contribution in [0.4, 0.5) is 0 Å². The zero-order valence-corrected chi connectivity index (χ0v) is 18.0. The first kappa shape index (κ1) is 21.8. The monoisotopic (exact) mass is 425 g/mol. The van der Waals surface area contributed by atoms with Gasteiger partial charge in [-0.1, -0.05) is 37.6 Å². The van der Waals surface area contributed by atoms with E-state index in [4.69, 9.17) is 11.6 Å². The highest BCUT2D eigenvalue weighted by Gasteiger charge is 2.21. The number of hydrogen-bond donors (Lipinski definition) is 1. The molecule has 1 amide bonds. The highest BCUT2D eigenvalue weighted by molar-refractivity contribution is 8.00. The van der Waals surface area contributed by atoms with Crippen molar-refractivity contribution in [3.8, 4) is 0 Å². The molecule has 27 heavy (non-hydrogen) atoms. The molecule has 2 rings (SSSR count). The summed E-state index contributed by atoms with van der Waals surface area (Å²) in [6.07, 6.45) is 2.59. The normalized spacial score (nSPS) is 13.8. The lowest BCUT2D eigenvalue weighted by molar-refractivity contribution is -0.121. The minimum absolute atomic E-state index is 0.0310. The molecule has 2 aromatic rings. The molecular weight excluding hydrogens is 402 g/mol. The van der Waals surface area contributed by atoms with Crippen molar-refractivity contribution in [2.75, 3.05) is 6.26 Å². The highest BCUT2D eigenvalue weighted by atomic mass is 35.5. The molecule has 0 radical (unpaired) electrons. The van der Waals surface area contributed by atoms with Crippen LogP contribution in [-0.2, 0) is 14.6 Å². The van der Waals surface area contributed by atoms with E-state index in [1.807, 2.05) is 38.1 Å². The van der Waals surface area contributed by atoms with Crippen molar-refractivity contribution in [1.82, 2.24) is 5.32 Å². The summed E-state index contributed by atoms with van der Waals surface area (Å²) in [5, 5.41) is 3.54. The van der Waals surface area contributed by atoms with Crippen LogP contribution in [0.5, 0.6) is 0 Å². The molecule has 0 aliphatic carbocycles. The van der Waals surface area contributed by atoms with Crippen LogP contribution in [0.25, 0.3) is 0 Å². The van der Waals surface area contributed by atoms with E-state index in [2.05, 4.69) is 5.32 Å². The van der Waals surface area contributed by atoms with Crippen molar-refractivity contribution in [3.63, 3.8) is 0 Å². The van der Waals surface area contributed by atoms with E-state index in [0.717, 1.165) is 10.5 Å². The smallest absolute Gasteiger partial charge is 0.233 e. The summed E-state index contributed by atoms with van der Waals surface area (Å²) >= 11 is 7.42. The van der Waals surface area contributed by atoms with Gasteiger partial charge in [-0.05, 0) is 54.8 Å². The minimum Gasteiger partial charge on any atom is -0.348 e. The van der Waals surface area contributed by atoms with Gasteiger partial charge in [0.05, 0.1) is 16.2 Å². The highest BCUT2D eigenvalue weighted by Crippen LogP contribution is 2.28. The van der Waals surface area contributed by atoms with Crippen molar-refractivity contribution < 1.29 is 13.2 Å². The molecule has 0 bridgehead atoms. The molecule has 7 heteroatoms. The summed E-state index contributed by atoms with van der Waals surface area (Å²) in [4.78, 5) is 14.0. The number of sulfone groups is 1. The number of thioether (sulfide) groups is 1. The van der Waals surface area contributed by atoms with E-state index < -0.39 is 9.84 Å². The van der Waals surface area contributed by atoms with Gasteiger partial charge in [0, 0.05) is 16.2 Å². The van der Waals surface area contributed by atoms with Crippen LogP contribution in [0.15, 0.2) is 58.3 Å². The molecule has 146 valence electrons. The van der Waals surface area contributed by atoms with E-state index in [9.17, 15) is 13.2 Å². The number of nitrogens with one attached hydrogen (secondary N) is 1. The first-order valence-corrected chi connectivity index (χ1v) is 11.9. The van der Waals surface area contributed by atoms with Gasteiger partial charge in [-0.3, -0.25) is 4.79 Å². The fourth-order valence-electron chi connectivity index (χ4n) is 2.63. The first-order valence-electron chi connectivity index (χ1n) is 8.77. The molecule has 0 aromatic heterocycles. The van der Waals surface area contributed by atoms with Gasteiger partial charge in [0.1, 0.15) is 0 Å². The number of halogens is 1. The average molecular weight is 426 g/mol. The maximum absolute atomic E-state index is 12.8. The predicted octanol–water partition coefficient (Wildman–Crippen LogP) is 4.88. The molecular formula is C20H24ClNO3S2. The minimum atomic E-state index is -3.23. The first-order chi connectivity index (χ1) is 12.7. The zero-order chi connectivity index (χ0) is 20.0. The van der Waals surface area contributed by atoms with Crippen molar-refractivity contribution in [2.45, 2.75) is 47.8 Å². The molecule has 0 saturated heterocycles. The van der Waals surface area contributed by atoms with Gasteiger partial charge in [-0.2, -0.15) is 0 Å². The van der Waals surface area contributed by atoms with E-state index in [1.165, 1.54) is 18.0 Å². The molecule has 0 unspecified atom stereocenters. The molecule has 0 fully saturated rings. The third kappa shape index (κ3) is 6.26. The van der Waals surface area contributed by atoms with Gasteiger partial charge in [0.2, 0.25) is 5.91 Å². The summed E-state index contributed by atoms with van der Waals surface area (Å²) in [6, 6.07) is 14.0. The van der Waals surface area contributed by atoms with Crippen LogP contribution >= 0.6 is 23.4 Å². The van der Waals surface area contributed by atoms with Gasteiger partial charge >= 0.3 is 0 Å². The summed E-state index contributed by atoms with van der Waals surface area (Å²) in [6.45, 7) is 3.97. The number of hydrogen-bond acceptors (Lipinski definition) is 4. The lowest BCUT2D eigenvalue weighted by atomic mass is 10.0. The second-order valence-corrected chi connectivity index (χ2v) is 10.0. The predicted molar refractivity (Wildman–Crippen MR) is 112 cm³/mol. The third-order valence-electron chi connectivity index (χ3n) is 4.19. The van der Waals surface area contributed by atoms with Gasteiger partial charge in [-0.25, -0.2) is 8.42 Å². The van der Waals surface area contributed by atoms with Crippen LogP contribution in [0, 0.1) is 0 Å². The van der Waals surface area contributed by atoms with Crippen molar-refractivity contribution in [1.29, 1.82) is 0 Å². The Labute approximate surface area is 170 Å². The van der Waals surface area contributed by atoms with Gasteiger partial charge in [-0.15, -0.1) is 11.8 Å². The van der Waals surface area contributed by atoms with E-state index >= 15 is 0 Å². The zero-order valence-electron chi connectivity index (χ0n) is 15.6. The van der Waals surface area contributed by atoms with Crippen molar-refractivity contribution >= 4 is 39.1 Å². The van der Waals surface area contributed by atoms with E-state index in [-0.39, 0.29) is 22.1 Å². The molecule has 0 heterocycles. The molecule has 2 aromatic carbocycles. The van der Waals surface area contributed by atoms with E-state index in [1.54, 1.807) is 24.3 Å². The Morgan fingerprint density at radius 3 is 2.11 bits per heavy atom. The van der Waals surface area contributed by atoms with Crippen LogP contribution < -0.4 is 5.32 Å². The molecule has 0 aliphatic heterocycles. The van der Waals surface area contributed by atoms with Crippen molar-refractivity contribution in [3.05, 3.63) is 59.1 Å². The Morgan fingerprint density at radius 1 is 1.04 bits per heavy atom. The Balaban J connectivity index is 2.09. The topological polar surface area (TPSA) is 63.2 Å². The van der Waals surface area contributed by atoms with Crippen LogP contribution in [0.3, 0.4) is 0 Å². The summed E-state index contributed by atoms with van der Waals surface area (Å²) in [5.41, 5.74) is 0.893. The van der Waals surface area contributed by atoms with Gasteiger partial charge < -0.3 is 5.32 Å². The van der Waals surface area contributed by atoms with Gasteiger partial charge in [0.25, 0.3) is 0 Å².